The molecule has 0 spiro atoms. The van der Waals surface area contributed by atoms with Crippen LogP contribution >= 0.6 is 11.3 Å². The highest BCUT2D eigenvalue weighted by molar-refractivity contribution is 7.10. The predicted octanol–water partition coefficient (Wildman–Crippen LogP) is -0.0287. The van der Waals surface area contributed by atoms with Gasteiger partial charge in [-0.25, -0.2) is 4.79 Å². The van der Waals surface area contributed by atoms with Crippen LogP contribution in [-0.2, 0) is 4.74 Å². The number of thiophene rings is 1. The minimum atomic E-state index is -0.974. The summed E-state index contributed by atoms with van der Waals surface area (Å²) in [7, 11) is 0. The fourth-order valence-electron chi connectivity index (χ4n) is 1.04. The van der Waals surface area contributed by atoms with Gasteiger partial charge in [-0.1, -0.05) is 5.16 Å². The van der Waals surface area contributed by atoms with Crippen LogP contribution in [0.1, 0.15) is 16.5 Å². The minimum Gasteiger partial charge on any atom is -0.438 e. The molecule has 0 saturated carbocycles. The lowest BCUT2D eigenvalue weighted by atomic mass is 10.2. The molecule has 1 heterocycles. The van der Waals surface area contributed by atoms with Gasteiger partial charge in [0.15, 0.2) is 11.9 Å². The van der Waals surface area contributed by atoms with E-state index in [1.807, 2.05) is 0 Å². The molecule has 8 heteroatoms. The number of amidine groups is 1. The van der Waals surface area contributed by atoms with Crippen LogP contribution in [0.25, 0.3) is 0 Å². The van der Waals surface area contributed by atoms with Crippen LogP contribution in [0.5, 0.6) is 0 Å². The van der Waals surface area contributed by atoms with E-state index in [2.05, 4.69) is 9.89 Å². The number of ether oxygens (including phenoxy) is 1. The Labute approximate surface area is 94.9 Å². The molecule has 0 bridgehead atoms. The van der Waals surface area contributed by atoms with Crippen LogP contribution in [0, 0.1) is 0 Å². The van der Waals surface area contributed by atoms with E-state index in [1.165, 1.54) is 11.3 Å². The molecule has 7 nitrogen and oxygen atoms in total. The number of hydrogen-bond donors (Lipinski definition) is 4. The molecule has 0 aliphatic carbocycles. The van der Waals surface area contributed by atoms with Gasteiger partial charge in [0.2, 0.25) is 0 Å². The van der Waals surface area contributed by atoms with Gasteiger partial charge in [0.05, 0.1) is 6.61 Å². The van der Waals surface area contributed by atoms with Crippen LogP contribution < -0.4 is 11.5 Å². The Kier molecular flexibility index (Phi) is 4.09. The summed E-state index contributed by atoms with van der Waals surface area (Å²) in [5.41, 5.74) is 10.7. The van der Waals surface area contributed by atoms with Gasteiger partial charge in [-0.2, -0.15) is 0 Å². The van der Waals surface area contributed by atoms with Crippen molar-refractivity contribution in [2.24, 2.45) is 16.6 Å². The summed E-state index contributed by atoms with van der Waals surface area (Å²) in [6.07, 6.45) is -1.81. The maximum Gasteiger partial charge on any atom is 0.405 e. The summed E-state index contributed by atoms with van der Waals surface area (Å²) in [4.78, 5) is 11.1. The molecule has 6 N–H and O–H groups in total. The van der Waals surface area contributed by atoms with Gasteiger partial charge >= 0.3 is 6.09 Å². The van der Waals surface area contributed by atoms with Crippen molar-refractivity contribution in [3.63, 3.8) is 0 Å². The van der Waals surface area contributed by atoms with E-state index >= 15 is 0 Å². The van der Waals surface area contributed by atoms with Gasteiger partial charge in [-0.05, 0) is 6.07 Å². The van der Waals surface area contributed by atoms with E-state index in [0.29, 0.717) is 10.4 Å². The number of amides is 1. The molecule has 1 unspecified atom stereocenters. The summed E-state index contributed by atoms with van der Waals surface area (Å²) in [5.74, 6) is -0.0572. The second-order valence-corrected chi connectivity index (χ2v) is 3.77. The zero-order valence-electron chi connectivity index (χ0n) is 8.16. The fourth-order valence-corrected chi connectivity index (χ4v) is 1.96. The third-order valence-electron chi connectivity index (χ3n) is 1.76. The Balaban J connectivity index is 2.86. The van der Waals surface area contributed by atoms with Crippen molar-refractivity contribution in [3.05, 3.63) is 21.9 Å². The predicted molar refractivity (Wildman–Crippen MR) is 57.3 cm³/mol. The Hall–Kier alpha value is -1.80. The lowest BCUT2D eigenvalue weighted by Crippen LogP contribution is -2.19. The molecule has 0 aliphatic heterocycles. The maximum atomic E-state index is 10.5. The SMILES string of the molecule is NC(=O)OC(CO)c1cc(C(N)=NO)cs1. The molecule has 1 atom stereocenters. The Morgan fingerprint density at radius 3 is 2.81 bits per heavy atom. The topological polar surface area (TPSA) is 131 Å². The lowest BCUT2D eigenvalue weighted by Gasteiger charge is -2.11. The van der Waals surface area contributed by atoms with Gasteiger partial charge in [-0.3, -0.25) is 0 Å². The summed E-state index contributed by atoms with van der Waals surface area (Å²) in [6.45, 7) is -0.390. The van der Waals surface area contributed by atoms with E-state index in [-0.39, 0.29) is 12.4 Å². The maximum absolute atomic E-state index is 10.5. The average molecular weight is 245 g/mol. The van der Waals surface area contributed by atoms with E-state index < -0.39 is 12.2 Å². The normalized spacial score (nSPS) is 13.4. The second-order valence-electron chi connectivity index (χ2n) is 2.83. The van der Waals surface area contributed by atoms with Gasteiger partial charge in [0.1, 0.15) is 0 Å². The largest absolute Gasteiger partial charge is 0.438 e. The lowest BCUT2D eigenvalue weighted by molar-refractivity contribution is 0.0653. The highest BCUT2D eigenvalue weighted by Gasteiger charge is 2.17. The fraction of sp³-hybridized carbons (Fsp3) is 0.250. The Morgan fingerprint density at radius 2 is 2.31 bits per heavy atom. The van der Waals surface area contributed by atoms with Gasteiger partial charge < -0.3 is 26.5 Å². The molecule has 0 fully saturated rings. The molecule has 1 aromatic heterocycles. The molecular formula is C8H11N3O4S. The van der Waals surface area contributed by atoms with Crippen molar-refractivity contribution in [3.8, 4) is 0 Å². The van der Waals surface area contributed by atoms with Crippen LogP contribution in [-0.4, -0.2) is 28.8 Å². The minimum absolute atomic E-state index is 0.0572. The number of aliphatic hydroxyl groups is 1. The van der Waals surface area contributed by atoms with Crippen LogP contribution in [0.3, 0.4) is 0 Å². The second kappa shape index (κ2) is 5.33. The molecule has 0 aliphatic rings. The zero-order chi connectivity index (χ0) is 12.1. The Bertz CT molecular complexity index is 404. The van der Waals surface area contributed by atoms with E-state index in [4.69, 9.17) is 21.8 Å². The molecule has 0 aromatic carbocycles. The van der Waals surface area contributed by atoms with Gasteiger partial charge in [0, 0.05) is 15.8 Å². The molecule has 1 aromatic rings. The number of primary amides is 1. The first-order valence-corrected chi connectivity index (χ1v) is 5.09. The number of hydrogen-bond acceptors (Lipinski definition) is 6. The summed E-state index contributed by atoms with van der Waals surface area (Å²) >= 11 is 1.20. The first kappa shape index (κ1) is 12.3. The van der Waals surface area contributed by atoms with Crippen molar-refractivity contribution in [1.82, 2.24) is 0 Å². The van der Waals surface area contributed by atoms with E-state index in [9.17, 15) is 4.79 Å². The highest BCUT2D eigenvalue weighted by atomic mass is 32.1. The van der Waals surface area contributed by atoms with Crippen LogP contribution in [0.4, 0.5) is 4.79 Å². The average Bonchev–Trinajstić information content (AvgIpc) is 2.73. The van der Waals surface area contributed by atoms with Gasteiger partial charge in [0.25, 0.3) is 0 Å². The third kappa shape index (κ3) is 2.84. The van der Waals surface area contributed by atoms with Gasteiger partial charge in [-0.15, -0.1) is 11.3 Å². The molecule has 0 saturated heterocycles. The van der Waals surface area contributed by atoms with Crippen molar-refractivity contribution in [2.75, 3.05) is 6.61 Å². The molecule has 1 rings (SSSR count). The number of carbonyl (C=O) groups excluding carboxylic acids is 1. The zero-order valence-corrected chi connectivity index (χ0v) is 8.98. The molecule has 0 radical (unpaired) electrons. The smallest absolute Gasteiger partial charge is 0.405 e. The number of nitrogens with zero attached hydrogens (tertiary/aromatic N) is 1. The number of rotatable bonds is 4. The van der Waals surface area contributed by atoms with E-state index in [0.717, 1.165) is 0 Å². The summed E-state index contributed by atoms with van der Waals surface area (Å²) in [5, 5.41) is 21.9. The summed E-state index contributed by atoms with van der Waals surface area (Å²) < 4.78 is 4.67. The quantitative estimate of drug-likeness (QED) is 0.256. The number of oxime groups is 1. The molecule has 1 amide bonds. The number of carbonyl (C=O) groups is 1. The molecule has 88 valence electrons. The summed E-state index contributed by atoms with van der Waals surface area (Å²) in [6, 6.07) is 1.55. The monoisotopic (exact) mass is 245 g/mol. The standard InChI is InChI=1S/C8H11N3O4S/c9-7(11-14)4-1-6(16-3-4)5(2-12)15-8(10)13/h1,3,5,12,14H,2H2,(H2,9,11)(H2,10,13). The van der Waals surface area contributed by atoms with Crippen molar-refractivity contribution in [2.45, 2.75) is 6.10 Å². The third-order valence-corrected chi connectivity index (χ3v) is 2.79. The molecule has 16 heavy (non-hydrogen) atoms. The molecular weight excluding hydrogens is 234 g/mol. The van der Waals surface area contributed by atoms with Crippen molar-refractivity contribution in [1.29, 1.82) is 0 Å². The number of aliphatic hydroxyl groups excluding tert-OH is 1. The van der Waals surface area contributed by atoms with Crippen molar-refractivity contribution >= 4 is 23.3 Å². The first-order chi connectivity index (χ1) is 7.58. The number of nitrogens with two attached hydrogens (primary N) is 2. The van der Waals surface area contributed by atoms with Crippen LogP contribution in [0.15, 0.2) is 16.6 Å². The first-order valence-electron chi connectivity index (χ1n) is 4.21. The highest BCUT2D eigenvalue weighted by Crippen LogP contribution is 2.24. The van der Waals surface area contributed by atoms with Crippen LogP contribution in [0.2, 0.25) is 0 Å². The van der Waals surface area contributed by atoms with E-state index in [1.54, 1.807) is 11.4 Å². The van der Waals surface area contributed by atoms with Crippen molar-refractivity contribution < 1.29 is 19.8 Å². The Morgan fingerprint density at radius 1 is 1.62 bits per heavy atom.